The second-order valence-electron chi connectivity index (χ2n) is 3.64. The molecule has 0 aliphatic carbocycles. The number of hydrogen-bond donors (Lipinski definition) is 0. The van der Waals surface area contributed by atoms with Crippen LogP contribution in [0.25, 0.3) is 0 Å². The number of methoxy groups -OCH3 is 1. The highest BCUT2D eigenvalue weighted by molar-refractivity contribution is 5.40. The molecule has 4 nitrogen and oxygen atoms in total. The third-order valence-corrected chi connectivity index (χ3v) is 2.31. The molecule has 0 unspecified atom stereocenters. The number of ether oxygens (including phenoxy) is 2. The minimum absolute atomic E-state index is 0.273. The first-order valence-corrected chi connectivity index (χ1v) is 5.44. The number of rotatable bonds is 4. The summed E-state index contributed by atoms with van der Waals surface area (Å²) in [5, 5.41) is 8.92. The molecule has 0 saturated carbocycles. The summed E-state index contributed by atoms with van der Waals surface area (Å²) in [6, 6.07) is 13.0. The van der Waals surface area contributed by atoms with E-state index in [9.17, 15) is 0 Å². The van der Waals surface area contributed by atoms with E-state index in [0.29, 0.717) is 18.1 Å². The minimum Gasteiger partial charge on any atom is -0.454 e. The fourth-order valence-corrected chi connectivity index (χ4v) is 1.55. The fraction of sp³-hybridized carbons (Fsp3) is 0.143. The van der Waals surface area contributed by atoms with Crippen molar-refractivity contribution in [2.75, 3.05) is 7.11 Å². The van der Waals surface area contributed by atoms with Gasteiger partial charge in [0.15, 0.2) is 11.4 Å². The molecule has 1 aromatic heterocycles. The van der Waals surface area contributed by atoms with Crippen LogP contribution in [0.2, 0.25) is 0 Å². The summed E-state index contributed by atoms with van der Waals surface area (Å²) in [5.41, 5.74) is 1.28. The Bertz CT molecular complexity index is 576. The van der Waals surface area contributed by atoms with E-state index < -0.39 is 0 Å². The lowest BCUT2D eigenvalue weighted by atomic mass is 10.2. The molecule has 90 valence electrons. The Labute approximate surface area is 105 Å². The van der Waals surface area contributed by atoms with Crippen LogP contribution in [0.15, 0.2) is 42.6 Å². The average Bonchev–Trinajstić information content (AvgIpc) is 2.40. The summed E-state index contributed by atoms with van der Waals surface area (Å²) in [6.07, 6.45) is 1.56. The van der Waals surface area contributed by atoms with E-state index in [4.69, 9.17) is 14.7 Å². The molecule has 0 N–H and O–H groups in total. The van der Waals surface area contributed by atoms with Crippen molar-refractivity contribution in [3.05, 3.63) is 53.9 Å². The van der Waals surface area contributed by atoms with Gasteiger partial charge in [-0.15, -0.1) is 0 Å². The van der Waals surface area contributed by atoms with Crippen molar-refractivity contribution in [3.8, 4) is 17.6 Å². The Morgan fingerprint density at radius 3 is 2.94 bits per heavy atom. The molecule has 0 saturated heterocycles. The average molecular weight is 240 g/mol. The highest BCUT2D eigenvalue weighted by Gasteiger charge is 2.05. The smallest absolute Gasteiger partial charge is 0.183 e. The van der Waals surface area contributed by atoms with Crippen LogP contribution in [0.1, 0.15) is 11.3 Å². The molecule has 0 spiro atoms. The molecule has 18 heavy (non-hydrogen) atoms. The third-order valence-electron chi connectivity index (χ3n) is 2.31. The van der Waals surface area contributed by atoms with Crippen LogP contribution in [-0.2, 0) is 11.3 Å². The first-order chi connectivity index (χ1) is 8.83. The Balaban J connectivity index is 2.23. The molecular weight excluding hydrogens is 228 g/mol. The second kappa shape index (κ2) is 5.80. The van der Waals surface area contributed by atoms with Crippen LogP contribution in [0.3, 0.4) is 0 Å². The number of aromatic nitrogens is 1. The number of nitriles is 1. The SMILES string of the molecule is COCc1cccc(Oc2cccnc2C#N)c1. The van der Waals surface area contributed by atoms with Crippen LogP contribution in [-0.4, -0.2) is 12.1 Å². The van der Waals surface area contributed by atoms with Gasteiger partial charge < -0.3 is 9.47 Å². The lowest BCUT2D eigenvalue weighted by molar-refractivity contribution is 0.184. The van der Waals surface area contributed by atoms with Crippen molar-refractivity contribution in [3.63, 3.8) is 0 Å². The van der Waals surface area contributed by atoms with E-state index in [-0.39, 0.29) is 5.69 Å². The molecule has 0 aliphatic rings. The molecular formula is C14H12N2O2. The molecule has 0 radical (unpaired) electrons. The zero-order valence-electron chi connectivity index (χ0n) is 9.96. The zero-order valence-corrected chi connectivity index (χ0v) is 9.96. The van der Waals surface area contributed by atoms with Gasteiger partial charge in [-0.1, -0.05) is 12.1 Å². The van der Waals surface area contributed by atoms with Crippen molar-refractivity contribution >= 4 is 0 Å². The fourth-order valence-electron chi connectivity index (χ4n) is 1.55. The highest BCUT2D eigenvalue weighted by Crippen LogP contribution is 2.24. The van der Waals surface area contributed by atoms with Crippen molar-refractivity contribution in [2.45, 2.75) is 6.61 Å². The maximum Gasteiger partial charge on any atom is 0.183 e. The van der Waals surface area contributed by atoms with Gasteiger partial charge in [0.25, 0.3) is 0 Å². The normalized spacial score (nSPS) is 9.78. The Morgan fingerprint density at radius 2 is 2.17 bits per heavy atom. The van der Waals surface area contributed by atoms with Gasteiger partial charge in [0.05, 0.1) is 6.61 Å². The zero-order chi connectivity index (χ0) is 12.8. The lowest BCUT2D eigenvalue weighted by Crippen LogP contribution is -1.92. The first-order valence-electron chi connectivity index (χ1n) is 5.44. The number of hydrogen-bond acceptors (Lipinski definition) is 4. The van der Waals surface area contributed by atoms with Gasteiger partial charge in [0, 0.05) is 13.3 Å². The van der Waals surface area contributed by atoms with Gasteiger partial charge in [-0.2, -0.15) is 5.26 Å². The number of benzene rings is 1. The Hall–Kier alpha value is -2.38. The largest absolute Gasteiger partial charge is 0.454 e. The van der Waals surface area contributed by atoms with Crippen LogP contribution >= 0.6 is 0 Å². The van der Waals surface area contributed by atoms with Crippen molar-refractivity contribution in [1.82, 2.24) is 4.98 Å². The van der Waals surface area contributed by atoms with E-state index in [1.807, 2.05) is 30.3 Å². The summed E-state index contributed by atoms with van der Waals surface area (Å²) >= 11 is 0. The van der Waals surface area contributed by atoms with Crippen LogP contribution in [0.4, 0.5) is 0 Å². The topological polar surface area (TPSA) is 55.1 Å². The summed E-state index contributed by atoms with van der Waals surface area (Å²) in [5.74, 6) is 1.11. The van der Waals surface area contributed by atoms with Crippen LogP contribution in [0, 0.1) is 11.3 Å². The molecule has 1 heterocycles. The minimum atomic E-state index is 0.273. The molecule has 0 aliphatic heterocycles. The van der Waals surface area contributed by atoms with Crippen molar-refractivity contribution in [1.29, 1.82) is 5.26 Å². The molecule has 0 amide bonds. The van der Waals surface area contributed by atoms with Gasteiger partial charge in [-0.3, -0.25) is 0 Å². The summed E-state index contributed by atoms with van der Waals surface area (Å²) in [6.45, 7) is 0.523. The molecule has 2 aromatic rings. The molecule has 4 heteroatoms. The van der Waals surface area contributed by atoms with E-state index >= 15 is 0 Å². The third kappa shape index (κ3) is 2.84. The van der Waals surface area contributed by atoms with E-state index in [1.165, 1.54) is 0 Å². The Kier molecular flexibility index (Phi) is 3.90. The van der Waals surface area contributed by atoms with Gasteiger partial charge >= 0.3 is 0 Å². The van der Waals surface area contributed by atoms with Crippen LogP contribution in [0.5, 0.6) is 11.5 Å². The van der Waals surface area contributed by atoms with Crippen molar-refractivity contribution in [2.24, 2.45) is 0 Å². The highest BCUT2D eigenvalue weighted by atomic mass is 16.5. The number of pyridine rings is 1. The molecule has 1 aromatic carbocycles. The molecule has 0 bridgehead atoms. The molecule has 0 atom stereocenters. The van der Waals surface area contributed by atoms with E-state index in [2.05, 4.69) is 4.98 Å². The quantitative estimate of drug-likeness (QED) is 0.824. The predicted octanol–water partition coefficient (Wildman–Crippen LogP) is 2.89. The van der Waals surface area contributed by atoms with Crippen LogP contribution < -0.4 is 4.74 Å². The lowest BCUT2D eigenvalue weighted by Gasteiger charge is -2.07. The Morgan fingerprint density at radius 1 is 1.28 bits per heavy atom. The van der Waals surface area contributed by atoms with Gasteiger partial charge in [-0.25, -0.2) is 4.98 Å². The molecule has 2 rings (SSSR count). The second-order valence-corrected chi connectivity index (χ2v) is 3.64. The van der Waals surface area contributed by atoms with E-state index in [1.54, 1.807) is 25.4 Å². The van der Waals surface area contributed by atoms with E-state index in [0.717, 1.165) is 5.56 Å². The standard InChI is InChI=1S/C14H12N2O2/c1-17-10-11-4-2-5-12(8-11)18-14-6-3-7-16-13(14)9-15/h2-8H,10H2,1H3. The van der Waals surface area contributed by atoms with Gasteiger partial charge in [0.1, 0.15) is 11.8 Å². The first kappa shape index (κ1) is 12.1. The summed E-state index contributed by atoms with van der Waals surface area (Å²) in [4.78, 5) is 3.94. The summed E-state index contributed by atoms with van der Waals surface area (Å²) in [7, 11) is 1.64. The monoisotopic (exact) mass is 240 g/mol. The number of nitrogens with zero attached hydrogens (tertiary/aromatic N) is 2. The van der Waals surface area contributed by atoms with Crippen molar-refractivity contribution < 1.29 is 9.47 Å². The van der Waals surface area contributed by atoms with Gasteiger partial charge in [-0.05, 0) is 29.8 Å². The maximum absolute atomic E-state index is 8.92. The predicted molar refractivity (Wildman–Crippen MR) is 66.2 cm³/mol. The summed E-state index contributed by atoms with van der Waals surface area (Å²) < 4.78 is 10.7. The van der Waals surface area contributed by atoms with Gasteiger partial charge in [0.2, 0.25) is 0 Å². The molecule has 0 fully saturated rings. The maximum atomic E-state index is 8.92.